The molecule has 29 heavy (non-hydrogen) atoms. The van der Waals surface area contributed by atoms with Gasteiger partial charge in [-0.25, -0.2) is 4.79 Å². The van der Waals surface area contributed by atoms with Gasteiger partial charge in [0.15, 0.2) is 0 Å². The van der Waals surface area contributed by atoms with Gasteiger partial charge in [-0.3, -0.25) is 0 Å². The summed E-state index contributed by atoms with van der Waals surface area (Å²) in [5, 5.41) is 2.31. The first kappa shape index (κ1) is 22.3. The molecule has 2 aromatic rings. The summed E-state index contributed by atoms with van der Waals surface area (Å²) in [6.07, 6.45) is -0.129. The first-order chi connectivity index (χ1) is 13.7. The maximum absolute atomic E-state index is 12.0. The van der Waals surface area contributed by atoms with Gasteiger partial charge in [0.2, 0.25) is 0 Å². The number of cyclic esters (lactones) is 2. The molecule has 1 fully saturated rings. The molecule has 0 spiro atoms. The predicted octanol–water partition coefficient (Wildman–Crippen LogP) is 4.68. The monoisotopic (exact) mass is 524 g/mol. The highest BCUT2D eigenvalue weighted by Crippen LogP contribution is 2.38. The molecule has 2 aromatic carbocycles. The highest BCUT2D eigenvalue weighted by atomic mass is 127. The van der Waals surface area contributed by atoms with Gasteiger partial charge in [-0.1, -0.05) is 104 Å². The summed E-state index contributed by atoms with van der Waals surface area (Å²) in [6.45, 7) is 9.01. The Morgan fingerprint density at radius 2 is 1.59 bits per heavy atom. The second-order valence-corrected chi connectivity index (χ2v) is 14.0. The Bertz CT molecular complexity index is 782. The number of benzene rings is 2. The minimum absolute atomic E-state index is 0.121. The summed E-state index contributed by atoms with van der Waals surface area (Å²) in [7, 11) is -2.67. The standard InChI is InChI=1S/C23H29IO4Si/c1-22(2,3)29(19-11-7-5-8-12-19,20-13-9-6-10-14-20)26-17-23(4)15-18(16-24)27-21(25)28-23/h5-14,18H,15-17H2,1-4H3/t18-,23+/m1/s1. The fraction of sp³-hybridized carbons (Fsp3) is 0.435. The van der Waals surface area contributed by atoms with E-state index in [-0.39, 0.29) is 11.1 Å². The summed E-state index contributed by atoms with van der Waals surface area (Å²) in [6, 6.07) is 21.0. The van der Waals surface area contributed by atoms with E-state index in [9.17, 15) is 4.79 Å². The molecule has 1 aliphatic heterocycles. The molecule has 0 bridgehead atoms. The predicted molar refractivity (Wildman–Crippen MR) is 127 cm³/mol. The van der Waals surface area contributed by atoms with Crippen LogP contribution in [0, 0.1) is 0 Å². The van der Waals surface area contributed by atoms with Gasteiger partial charge in [0.05, 0.1) is 6.61 Å². The zero-order valence-corrected chi connectivity index (χ0v) is 20.6. The molecule has 3 rings (SSSR count). The second kappa shape index (κ2) is 8.77. The zero-order valence-electron chi connectivity index (χ0n) is 17.5. The maximum atomic E-state index is 12.0. The number of halogens is 1. The van der Waals surface area contributed by atoms with Gasteiger partial charge >= 0.3 is 6.16 Å². The number of alkyl halides is 1. The van der Waals surface area contributed by atoms with E-state index in [1.165, 1.54) is 10.4 Å². The molecule has 2 atom stereocenters. The third-order valence-electron chi connectivity index (χ3n) is 5.44. The molecule has 1 heterocycles. The summed E-state index contributed by atoms with van der Waals surface area (Å²) < 4.78 is 18.6. The average Bonchev–Trinajstić information content (AvgIpc) is 2.68. The number of hydrogen-bond acceptors (Lipinski definition) is 4. The molecule has 0 amide bonds. The summed E-state index contributed by atoms with van der Waals surface area (Å²) >= 11 is 2.24. The van der Waals surface area contributed by atoms with E-state index < -0.39 is 20.1 Å². The summed E-state index contributed by atoms with van der Waals surface area (Å²) in [4.78, 5) is 12.0. The van der Waals surface area contributed by atoms with Crippen LogP contribution in [0.2, 0.25) is 5.04 Å². The van der Waals surface area contributed by atoms with Crippen LogP contribution in [0.4, 0.5) is 4.79 Å². The zero-order chi connectivity index (χ0) is 21.1. The summed E-state index contributed by atoms with van der Waals surface area (Å²) in [5.74, 6) is 0. The van der Waals surface area contributed by atoms with Crippen molar-refractivity contribution < 1.29 is 18.7 Å². The lowest BCUT2D eigenvalue weighted by atomic mass is 9.99. The lowest BCUT2D eigenvalue weighted by Gasteiger charge is -2.45. The van der Waals surface area contributed by atoms with E-state index in [4.69, 9.17) is 13.9 Å². The van der Waals surface area contributed by atoms with Crippen molar-refractivity contribution in [3.8, 4) is 0 Å². The molecule has 0 aromatic heterocycles. The van der Waals surface area contributed by atoms with Crippen LogP contribution in [0.1, 0.15) is 34.1 Å². The minimum atomic E-state index is -2.67. The van der Waals surface area contributed by atoms with Crippen molar-refractivity contribution in [3.05, 3.63) is 60.7 Å². The van der Waals surface area contributed by atoms with Crippen LogP contribution in [0.25, 0.3) is 0 Å². The molecular formula is C23H29IO4Si. The molecule has 0 unspecified atom stereocenters. The molecule has 156 valence electrons. The molecule has 0 aliphatic carbocycles. The molecule has 0 radical (unpaired) electrons. The van der Waals surface area contributed by atoms with Crippen LogP contribution in [0.5, 0.6) is 0 Å². The molecular weight excluding hydrogens is 495 g/mol. The van der Waals surface area contributed by atoms with E-state index in [1.54, 1.807) is 0 Å². The molecule has 1 saturated heterocycles. The molecule has 6 heteroatoms. The topological polar surface area (TPSA) is 44.8 Å². The Morgan fingerprint density at radius 3 is 2.03 bits per heavy atom. The normalized spacial score (nSPS) is 22.7. The SMILES string of the molecule is CC(C)(C)[Si](OC[C@]1(C)C[C@H](CI)OC(=O)O1)(c1ccccc1)c1ccccc1. The molecule has 0 saturated carbocycles. The van der Waals surface area contributed by atoms with Crippen molar-refractivity contribution in [2.24, 2.45) is 0 Å². The number of carbonyl (C=O) groups is 1. The highest BCUT2D eigenvalue weighted by molar-refractivity contribution is 14.1. The van der Waals surface area contributed by atoms with E-state index in [1.807, 2.05) is 19.1 Å². The van der Waals surface area contributed by atoms with Crippen molar-refractivity contribution in [1.29, 1.82) is 0 Å². The number of carbonyl (C=O) groups excluding carboxylic acids is 1. The van der Waals surface area contributed by atoms with E-state index in [2.05, 4.69) is 91.9 Å². The van der Waals surface area contributed by atoms with Gasteiger partial charge in [0.25, 0.3) is 8.32 Å². The fourth-order valence-electron chi connectivity index (χ4n) is 4.12. The van der Waals surface area contributed by atoms with E-state index >= 15 is 0 Å². The van der Waals surface area contributed by atoms with Gasteiger partial charge in [0.1, 0.15) is 11.7 Å². The Balaban J connectivity index is 2.03. The van der Waals surface area contributed by atoms with E-state index in [0.717, 1.165) is 4.43 Å². The third kappa shape index (κ3) is 4.69. The minimum Gasteiger partial charge on any atom is -0.430 e. The first-order valence-electron chi connectivity index (χ1n) is 9.91. The van der Waals surface area contributed by atoms with Gasteiger partial charge < -0.3 is 13.9 Å². The Labute approximate surface area is 188 Å². The third-order valence-corrected chi connectivity index (χ3v) is 11.4. The van der Waals surface area contributed by atoms with E-state index in [0.29, 0.717) is 13.0 Å². The average molecular weight is 524 g/mol. The largest absolute Gasteiger partial charge is 0.509 e. The second-order valence-electron chi connectivity index (χ2n) is 8.85. The molecule has 1 aliphatic rings. The quantitative estimate of drug-likeness (QED) is 0.238. The molecule has 0 N–H and O–H groups in total. The van der Waals surface area contributed by atoms with Gasteiger partial charge in [-0.05, 0) is 22.3 Å². The van der Waals surface area contributed by atoms with Gasteiger partial charge in [-0.15, -0.1) is 0 Å². The Hall–Kier alpha value is -1.38. The fourth-order valence-corrected chi connectivity index (χ4v) is 9.29. The number of rotatable bonds is 6. The maximum Gasteiger partial charge on any atom is 0.509 e. The smallest absolute Gasteiger partial charge is 0.430 e. The van der Waals surface area contributed by atoms with Gasteiger partial charge in [-0.2, -0.15) is 0 Å². The van der Waals surface area contributed by atoms with Gasteiger partial charge in [0, 0.05) is 10.8 Å². The number of hydrogen-bond donors (Lipinski definition) is 0. The Morgan fingerprint density at radius 1 is 1.07 bits per heavy atom. The van der Waals surface area contributed by atoms with Crippen molar-refractivity contribution in [3.63, 3.8) is 0 Å². The van der Waals surface area contributed by atoms with Crippen LogP contribution in [-0.4, -0.2) is 37.2 Å². The van der Waals surface area contributed by atoms with Crippen LogP contribution >= 0.6 is 22.6 Å². The van der Waals surface area contributed by atoms with Crippen molar-refractivity contribution in [1.82, 2.24) is 0 Å². The van der Waals surface area contributed by atoms with Crippen LogP contribution in [0.15, 0.2) is 60.7 Å². The van der Waals surface area contributed by atoms with Crippen molar-refractivity contribution in [2.45, 2.75) is 50.9 Å². The van der Waals surface area contributed by atoms with Crippen molar-refractivity contribution >= 4 is 47.4 Å². The van der Waals surface area contributed by atoms with Crippen LogP contribution in [-0.2, 0) is 13.9 Å². The molecule has 4 nitrogen and oxygen atoms in total. The lowest BCUT2D eigenvalue weighted by Crippen LogP contribution is -2.68. The first-order valence-corrected chi connectivity index (χ1v) is 13.3. The Kier molecular flexibility index (Phi) is 6.75. The van der Waals surface area contributed by atoms with Crippen LogP contribution < -0.4 is 10.4 Å². The van der Waals surface area contributed by atoms with Crippen LogP contribution in [0.3, 0.4) is 0 Å². The number of ether oxygens (including phenoxy) is 2. The summed E-state index contributed by atoms with van der Waals surface area (Å²) in [5.41, 5.74) is -0.710. The lowest BCUT2D eigenvalue weighted by molar-refractivity contribution is -0.116. The van der Waals surface area contributed by atoms with Crippen molar-refractivity contribution in [2.75, 3.05) is 11.0 Å². The highest BCUT2D eigenvalue weighted by Gasteiger charge is 2.52.